The maximum atomic E-state index is 12.3. The van der Waals surface area contributed by atoms with Gasteiger partial charge in [-0.15, -0.1) is 0 Å². The molecule has 0 radical (unpaired) electrons. The molecule has 0 aromatic carbocycles. The molecule has 0 aliphatic heterocycles. The van der Waals surface area contributed by atoms with Crippen molar-refractivity contribution in [2.45, 2.75) is 83.7 Å². The molecule has 1 fully saturated rings. The molecule has 0 heterocycles. The van der Waals surface area contributed by atoms with Gasteiger partial charge in [0.2, 0.25) is 0 Å². The summed E-state index contributed by atoms with van der Waals surface area (Å²) in [7, 11) is -1.31. The first-order chi connectivity index (χ1) is 8.77. The molecule has 112 valence electrons. The van der Waals surface area contributed by atoms with E-state index in [1.807, 2.05) is 13.8 Å². The number of hydrogen-bond donors (Lipinski definition) is 0. The van der Waals surface area contributed by atoms with E-state index in [9.17, 15) is 4.79 Å². The van der Waals surface area contributed by atoms with Gasteiger partial charge in [-0.1, -0.05) is 33.0 Å². The second-order valence-corrected chi connectivity index (χ2v) is 12.5. The second-order valence-electron chi connectivity index (χ2n) is 7.10. The van der Waals surface area contributed by atoms with Gasteiger partial charge < -0.3 is 9.47 Å². The quantitative estimate of drug-likeness (QED) is 0.548. The van der Waals surface area contributed by atoms with Crippen molar-refractivity contribution in [2.24, 2.45) is 0 Å². The maximum Gasteiger partial charge on any atom is 0.338 e. The average molecular weight is 286 g/mol. The van der Waals surface area contributed by atoms with Crippen LogP contribution < -0.4 is 0 Å². The number of hydrogen-bond acceptors (Lipinski definition) is 3. The van der Waals surface area contributed by atoms with E-state index in [4.69, 9.17) is 9.47 Å². The van der Waals surface area contributed by atoms with Gasteiger partial charge >= 0.3 is 5.97 Å². The van der Waals surface area contributed by atoms with E-state index >= 15 is 0 Å². The van der Waals surface area contributed by atoms with Gasteiger partial charge in [0.25, 0.3) is 0 Å². The molecule has 0 aromatic rings. The van der Waals surface area contributed by atoms with Crippen LogP contribution in [0.1, 0.15) is 52.4 Å². The molecule has 0 amide bonds. The predicted octanol–water partition coefficient (Wildman–Crippen LogP) is 3.93. The van der Waals surface area contributed by atoms with Gasteiger partial charge in [-0.05, 0) is 39.0 Å². The molecular weight excluding hydrogens is 256 g/mol. The van der Waals surface area contributed by atoms with Crippen LogP contribution in [0.3, 0.4) is 0 Å². The second kappa shape index (κ2) is 6.89. The Morgan fingerprint density at radius 1 is 1.21 bits per heavy atom. The highest BCUT2D eigenvalue weighted by molar-refractivity contribution is 6.76. The summed E-state index contributed by atoms with van der Waals surface area (Å²) in [5.41, 5.74) is -0.766. The minimum absolute atomic E-state index is 0.114. The summed E-state index contributed by atoms with van der Waals surface area (Å²) in [5, 5.41) is 0. The molecule has 1 saturated carbocycles. The summed E-state index contributed by atoms with van der Waals surface area (Å²) in [6.45, 7) is 10.6. The fourth-order valence-corrected chi connectivity index (χ4v) is 2.89. The molecule has 3 nitrogen and oxygen atoms in total. The fourth-order valence-electron chi connectivity index (χ4n) is 2.14. The molecule has 0 spiro atoms. The van der Waals surface area contributed by atoms with E-state index in [-0.39, 0.29) is 12.1 Å². The summed E-state index contributed by atoms with van der Waals surface area (Å²) in [4.78, 5) is 12.3. The number of carbonyl (C=O) groups excluding carboxylic acids is 1. The van der Waals surface area contributed by atoms with Crippen molar-refractivity contribution >= 4 is 14.0 Å². The van der Waals surface area contributed by atoms with Crippen molar-refractivity contribution in [1.29, 1.82) is 0 Å². The zero-order valence-corrected chi connectivity index (χ0v) is 14.3. The minimum Gasteiger partial charge on any atom is -0.460 e. The largest absolute Gasteiger partial charge is 0.460 e. The van der Waals surface area contributed by atoms with Gasteiger partial charge in [0.1, 0.15) is 6.10 Å². The molecular formula is C15H30O3Si. The van der Waals surface area contributed by atoms with Crippen molar-refractivity contribution in [3.05, 3.63) is 0 Å². The number of ether oxygens (including phenoxy) is 2. The monoisotopic (exact) mass is 286 g/mol. The van der Waals surface area contributed by atoms with E-state index < -0.39 is 13.7 Å². The zero-order chi connectivity index (χ0) is 14.5. The normalized spacial score (nSPS) is 20.9. The Labute approximate surface area is 119 Å². The highest BCUT2D eigenvalue weighted by Crippen LogP contribution is 2.25. The average Bonchev–Trinajstić information content (AvgIpc) is 2.36. The molecule has 1 aliphatic carbocycles. The third kappa shape index (κ3) is 5.65. The number of esters is 1. The van der Waals surface area contributed by atoms with Crippen LogP contribution in [-0.2, 0) is 14.3 Å². The van der Waals surface area contributed by atoms with Gasteiger partial charge in [0.05, 0.1) is 8.07 Å². The molecule has 0 saturated heterocycles. The third-order valence-corrected chi connectivity index (χ3v) is 4.77. The van der Waals surface area contributed by atoms with E-state index in [0.717, 1.165) is 12.8 Å². The Bertz CT molecular complexity index is 292. The number of carbonyl (C=O) groups is 1. The first-order valence-electron chi connectivity index (χ1n) is 7.62. The Morgan fingerprint density at radius 2 is 1.79 bits per heavy atom. The van der Waals surface area contributed by atoms with Crippen molar-refractivity contribution < 1.29 is 14.3 Å². The van der Waals surface area contributed by atoms with Gasteiger partial charge in [0.15, 0.2) is 5.60 Å². The van der Waals surface area contributed by atoms with Crippen molar-refractivity contribution in [1.82, 2.24) is 0 Å². The summed E-state index contributed by atoms with van der Waals surface area (Å²) in [6, 6.07) is 0. The summed E-state index contributed by atoms with van der Waals surface area (Å²) >= 11 is 0. The lowest BCUT2D eigenvalue weighted by Crippen LogP contribution is -2.45. The molecule has 1 unspecified atom stereocenters. The maximum absolute atomic E-state index is 12.3. The molecule has 1 rings (SSSR count). The minimum atomic E-state index is -1.31. The van der Waals surface area contributed by atoms with Crippen LogP contribution in [0.2, 0.25) is 19.6 Å². The van der Waals surface area contributed by atoms with Gasteiger partial charge in [-0.25, -0.2) is 4.79 Å². The van der Waals surface area contributed by atoms with Crippen LogP contribution in [0.25, 0.3) is 0 Å². The van der Waals surface area contributed by atoms with Crippen molar-refractivity contribution in [2.75, 3.05) is 6.23 Å². The SMILES string of the molecule is CCC(C)(OC[Si](C)(C)C)C(=O)OC1CCCCC1. The highest BCUT2D eigenvalue weighted by Gasteiger charge is 2.37. The Morgan fingerprint density at radius 3 is 2.26 bits per heavy atom. The lowest BCUT2D eigenvalue weighted by atomic mass is 9.97. The third-order valence-electron chi connectivity index (χ3n) is 3.76. The van der Waals surface area contributed by atoms with Crippen molar-refractivity contribution in [3.63, 3.8) is 0 Å². The molecule has 0 N–H and O–H groups in total. The molecule has 0 bridgehead atoms. The van der Waals surface area contributed by atoms with Crippen LogP contribution in [-0.4, -0.2) is 32.0 Å². The van der Waals surface area contributed by atoms with Crippen LogP contribution in [0, 0.1) is 0 Å². The lowest BCUT2D eigenvalue weighted by molar-refractivity contribution is -0.175. The van der Waals surface area contributed by atoms with E-state index in [1.165, 1.54) is 19.3 Å². The molecule has 1 aliphatic rings. The van der Waals surface area contributed by atoms with Crippen LogP contribution in [0.15, 0.2) is 0 Å². The smallest absolute Gasteiger partial charge is 0.338 e. The molecule has 4 heteroatoms. The van der Waals surface area contributed by atoms with Crippen LogP contribution >= 0.6 is 0 Å². The Kier molecular flexibility index (Phi) is 6.05. The summed E-state index contributed by atoms with van der Waals surface area (Å²) in [6.07, 6.45) is 7.14. The van der Waals surface area contributed by atoms with Gasteiger partial charge in [0, 0.05) is 6.23 Å². The van der Waals surface area contributed by atoms with E-state index in [2.05, 4.69) is 19.6 Å². The van der Waals surface area contributed by atoms with Gasteiger partial charge in [-0.2, -0.15) is 0 Å². The standard InChI is InChI=1S/C15H30O3Si/c1-6-15(2,17-12-19(3,4)5)14(16)18-13-10-8-7-9-11-13/h13H,6-12H2,1-5H3. The summed E-state index contributed by atoms with van der Waals surface area (Å²) < 4.78 is 11.6. The molecule has 19 heavy (non-hydrogen) atoms. The Hall–Kier alpha value is -0.353. The topological polar surface area (TPSA) is 35.5 Å². The summed E-state index contributed by atoms with van der Waals surface area (Å²) in [5.74, 6) is -0.167. The Balaban J connectivity index is 2.53. The van der Waals surface area contributed by atoms with Crippen LogP contribution in [0.5, 0.6) is 0 Å². The first kappa shape index (κ1) is 16.7. The predicted molar refractivity (Wildman–Crippen MR) is 81.0 cm³/mol. The molecule has 1 atom stereocenters. The molecule has 0 aromatic heterocycles. The van der Waals surface area contributed by atoms with Gasteiger partial charge in [-0.3, -0.25) is 0 Å². The van der Waals surface area contributed by atoms with E-state index in [0.29, 0.717) is 12.7 Å². The number of rotatable bonds is 6. The lowest BCUT2D eigenvalue weighted by Gasteiger charge is -2.32. The fraction of sp³-hybridized carbons (Fsp3) is 0.933. The highest BCUT2D eigenvalue weighted by atomic mass is 28.3. The van der Waals surface area contributed by atoms with E-state index in [1.54, 1.807) is 0 Å². The van der Waals surface area contributed by atoms with Crippen LogP contribution in [0.4, 0.5) is 0 Å². The first-order valence-corrected chi connectivity index (χ1v) is 11.3. The van der Waals surface area contributed by atoms with Crippen molar-refractivity contribution in [3.8, 4) is 0 Å². The zero-order valence-electron chi connectivity index (χ0n) is 13.3.